The van der Waals surface area contributed by atoms with Crippen LogP contribution in [0.2, 0.25) is 0 Å². The number of ketones is 1. The Balaban J connectivity index is 1.61. The Morgan fingerprint density at radius 1 is 1.06 bits per heavy atom. The molecule has 0 aromatic heterocycles. The van der Waals surface area contributed by atoms with E-state index in [4.69, 9.17) is 0 Å². The molecule has 2 unspecified atom stereocenters. The summed E-state index contributed by atoms with van der Waals surface area (Å²) in [6.45, 7) is 2.59. The van der Waals surface area contributed by atoms with E-state index in [2.05, 4.69) is 21.2 Å². The molecule has 2 N–H and O–H groups in total. The number of fused-ring (bicyclic) bond motifs is 2. The van der Waals surface area contributed by atoms with Gasteiger partial charge in [0.05, 0.1) is 17.6 Å². The van der Waals surface area contributed by atoms with Gasteiger partial charge in [-0.15, -0.1) is 0 Å². The molecule has 0 radical (unpaired) electrons. The van der Waals surface area contributed by atoms with E-state index in [-0.39, 0.29) is 12.2 Å². The Morgan fingerprint density at radius 2 is 1.78 bits per heavy atom. The number of carbonyl (C=O) groups is 2. The van der Waals surface area contributed by atoms with Crippen LogP contribution in [0.3, 0.4) is 0 Å². The first-order valence-electron chi connectivity index (χ1n) is 10.7. The zero-order valence-corrected chi connectivity index (χ0v) is 19.2. The summed E-state index contributed by atoms with van der Waals surface area (Å²) in [4.78, 5) is 28.8. The van der Waals surface area contributed by atoms with Crippen molar-refractivity contribution in [1.29, 1.82) is 0 Å². The quantitative estimate of drug-likeness (QED) is 0.494. The van der Waals surface area contributed by atoms with Crippen molar-refractivity contribution in [1.82, 2.24) is 0 Å². The maximum atomic E-state index is 14.0. The van der Waals surface area contributed by atoms with E-state index < -0.39 is 17.0 Å². The molecule has 2 heterocycles. The van der Waals surface area contributed by atoms with Crippen molar-refractivity contribution < 1.29 is 14.7 Å². The second kappa shape index (κ2) is 7.57. The smallest absolute Gasteiger partial charge is 0.265 e. The summed E-state index contributed by atoms with van der Waals surface area (Å²) in [5.41, 5.74) is 1.03. The number of amides is 1. The normalized spacial score (nSPS) is 23.6. The van der Waals surface area contributed by atoms with Gasteiger partial charge in [0, 0.05) is 33.4 Å². The molecule has 162 valence electrons. The lowest BCUT2D eigenvalue weighted by molar-refractivity contribution is -0.137. The molecule has 1 amide bonds. The van der Waals surface area contributed by atoms with Crippen molar-refractivity contribution in [2.24, 2.45) is 0 Å². The summed E-state index contributed by atoms with van der Waals surface area (Å²) in [5.74, 6) is -0.739. The first-order chi connectivity index (χ1) is 15.4. The van der Waals surface area contributed by atoms with Crippen LogP contribution in [-0.2, 0) is 15.9 Å². The van der Waals surface area contributed by atoms with Crippen LogP contribution in [0.1, 0.15) is 41.3 Å². The first-order valence-corrected chi connectivity index (χ1v) is 11.5. The zero-order valence-electron chi connectivity index (χ0n) is 17.6. The van der Waals surface area contributed by atoms with Crippen molar-refractivity contribution >= 4 is 39.0 Å². The molecule has 2 aliphatic heterocycles. The molecule has 0 saturated carbocycles. The molecule has 2 atom stereocenters. The van der Waals surface area contributed by atoms with E-state index in [9.17, 15) is 14.7 Å². The molecule has 3 aromatic carbocycles. The second-order valence-electron chi connectivity index (χ2n) is 8.41. The Hall–Kier alpha value is -2.96. The summed E-state index contributed by atoms with van der Waals surface area (Å²) < 4.78 is 0.772. The molecule has 0 spiro atoms. The Labute approximate surface area is 195 Å². The number of Topliss-reactive ketones (excluding diaryl/α,β-unsaturated/α-hetero) is 1. The summed E-state index contributed by atoms with van der Waals surface area (Å²) >= 11 is 3.38. The fourth-order valence-electron chi connectivity index (χ4n) is 5.07. The van der Waals surface area contributed by atoms with Crippen LogP contribution >= 0.6 is 15.9 Å². The molecule has 3 aromatic rings. The maximum absolute atomic E-state index is 14.0. The van der Waals surface area contributed by atoms with E-state index >= 15 is 0 Å². The third-order valence-corrected chi connectivity index (χ3v) is 7.22. The van der Waals surface area contributed by atoms with Crippen molar-refractivity contribution in [3.63, 3.8) is 0 Å². The minimum absolute atomic E-state index is 0.283. The molecule has 5 nitrogen and oxygen atoms in total. The van der Waals surface area contributed by atoms with Crippen LogP contribution in [0.4, 0.5) is 11.4 Å². The number of anilines is 2. The van der Waals surface area contributed by atoms with E-state index in [1.165, 1.54) is 0 Å². The number of aliphatic hydroxyl groups is 1. The van der Waals surface area contributed by atoms with Gasteiger partial charge in [-0.25, -0.2) is 0 Å². The SMILES string of the molecule is CCC1(N2C(=O)C(O)(CC(=O)c3cccc(Br)c3)c3ccccc32)CNc2ccccc21. The highest BCUT2D eigenvalue weighted by molar-refractivity contribution is 9.10. The van der Waals surface area contributed by atoms with E-state index in [1.807, 2.05) is 49.4 Å². The van der Waals surface area contributed by atoms with E-state index in [0.717, 1.165) is 15.7 Å². The topological polar surface area (TPSA) is 69.6 Å². The standard InChI is InChI=1S/C26H23BrN2O3/c1-2-25(16-28-21-12-5-3-10-19(21)25)29-22-13-6-4-11-20(22)26(32,24(29)31)15-23(30)17-8-7-9-18(27)14-17/h3-14,28,32H,2,15-16H2,1H3. The number of para-hydroxylation sites is 2. The molecule has 0 fully saturated rings. The van der Waals surface area contributed by atoms with Gasteiger partial charge >= 0.3 is 0 Å². The number of rotatable bonds is 5. The molecule has 0 saturated heterocycles. The molecule has 2 aliphatic rings. The van der Waals surface area contributed by atoms with Crippen LogP contribution in [0, 0.1) is 0 Å². The van der Waals surface area contributed by atoms with Gasteiger partial charge < -0.3 is 10.4 Å². The number of nitrogens with zero attached hydrogens (tertiary/aromatic N) is 1. The first kappa shape index (κ1) is 20.9. The number of benzene rings is 3. The van der Waals surface area contributed by atoms with Crippen LogP contribution < -0.4 is 10.2 Å². The van der Waals surface area contributed by atoms with Gasteiger partial charge in [0.2, 0.25) is 0 Å². The molecule has 0 bridgehead atoms. The average Bonchev–Trinajstić information content (AvgIpc) is 3.28. The minimum atomic E-state index is -1.92. The number of halogens is 1. The summed E-state index contributed by atoms with van der Waals surface area (Å²) in [6.07, 6.45) is 0.345. The number of hydrogen-bond acceptors (Lipinski definition) is 4. The van der Waals surface area contributed by atoms with Gasteiger partial charge in [-0.05, 0) is 30.7 Å². The second-order valence-corrected chi connectivity index (χ2v) is 9.33. The molecule has 6 heteroatoms. The third kappa shape index (κ3) is 2.93. The molecule has 0 aliphatic carbocycles. The van der Waals surface area contributed by atoms with E-state index in [1.54, 1.807) is 35.2 Å². The predicted molar refractivity (Wildman–Crippen MR) is 128 cm³/mol. The third-order valence-electron chi connectivity index (χ3n) is 6.72. The van der Waals surface area contributed by atoms with Crippen LogP contribution in [0.15, 0.2) is 77.3 Å². The minimum Gasteiger partial charge on any atom is -0.382 e. The Bertz CT molecular complexity index is 1240. The monoisotopic (exact) mass is 490 g/mol. The zero-order chi connectivity index (χ0) is 22.5. The van der Waals surface area contributed by atoms with Gasteiger partial charge in [-0.3, -0.25) is 14.5 Å². The van der Waals surface area contributed by atoms with Crippen molar-refractivity contribution in [2.75, 3.05) is 16.8 Å². The van der Waals surface area contributed by atoms with Crippen LogP contribution in [0.25, 0.3) is 0 Å². The van der Waals surface area contributed by atoms with Gasteiger partial charge in [0.15, 0.2) is 11.4 Å². The summed E-state index contributed by atoms with van der Waals surface area (Å²) in [7, 11) is 0. The summed E-state index contributed by atoms with van der Waals surface area (Å²) in [5, 5.41) is 15.2. The molecular formula is C26H23BrN2O3. The van der Waals surface area contributed by atoms with Crippen LogP contribution in [0.5, 0.6) is 0 Å². The Kier molecular flexibility index (Phi) is 4.95. The fraction of sp³-hybridized carbons (Fsp3) is 0.231. The van der Waals surface area contributed by atoms with Gasteiger partial charge in [0.25, 0.3) is 5.91 Å². The lowest BCUT2D eigenvalue weighted by Crippen LogP contribution is -2.53. The summed E-state index contributed by atoms with van der Waals surface area (Å²) in [6, 6.07) is 22.2. The number of hydrogen-bond donors (Lipinski definition) is 2. The fourth-order valence-corrected chi connectivity index (χ4v) is 5.47. The largest absolute Gasteiger partial charge is 0.382 e. The number of carbonyl (C=O) groups excluding carboxylic acids is 2. The molecule has 5 rings (SSSR count). The highest BCUT2D eigenvalue weighted by Crippen LogP contribution is 2.52. The molecular weight excluding hydrogens is 468 g/mol. The van der Waals surface area contributed by atoms with Gasteiger partial charge in [0.1, 0.15) is 0 Å². The van der Waals surface area contributed by atoms with Crippen molar-refractivity contribution in [3.8, 4) is 0 Å². The molecule has 32 heavy (non-hydrogen) atoms. The van der Waals surface area contributed by atoms with Crippen molar-refractivity contribution in [3.05, 3.63) is 94.0 Å². The van der Waals surface area contributed by atoms with Gasteiger partial charge in [-0.2, -0.15) is 0 Å². The van der Waals surface area contributed by atoms with E-state index in [0.29, 0.717) is 29.8 Å². The number of nitrogens with one attached hydrogen (secondary N) is 1. The maximum Gasteiger partial charge on any atom is 0.265 e. The predicted octanol–water partition coefficient (Wildman–Crippen LogP) is 4.99. The van der Waals surface area contributed by atoms with Crippen LogP contribution in [-0.4, -0.2) is 23.3 Å². The lowest BCUT2D eigenvalue weighted by Gasteiger charge is -2.39. The highest BCUT2D eigenvalue weighted by atomic mass is 79.9. The lowest BCUT2D eigenvalue weighted by atomic mass is 9.86. The average molecular weight is 491 g/mol. The highest BCUT2D eigenvalue weighted by Gasteiger charge is 2.58. The van der Waals surface area contributed by atoms with Crippen molar-refractivity contribution in [2.45, 2.75) is 30.9 Å². The van der Waals surface area contributed by atoms with Gasteiger partial charge in [-0.1, -0.05) is 71.4 Å². The Morgan fingerprint density at radius 3 is 2.53 bits per heavy atom.